The predicted molar refractivity (Wildman–Crippen MR) is 70.0 cm³/mol. The fourth-order valence-electron chi connectivity index (χ4n) is 2.26. The summed E-state index contributed by atoms with van der Waals surface area (Å²) in [5.41, 5.74) is 8.82. The molecule has 1 aromatic rings. The van der Waals surface area contributed by atoms with Crippen LogP contribution in [0.3, 0.4) is 0 Å². The van der Waals surface area contributed by atoms with E-state index in [2.05, 4.69) is 43.1 Å². The molecule has 0 saturated carbocycles. The van der Waals surface area contributed by atoms with Crippen molar-refractivity contribution in [3.05, 3.63) is 35.4 Å². The highest BCUT2D eigenvalue weighted by atomic mass is 16.5. The molecule has 1 fully saturated rings. The van der Waals surface area contributed by atoms with Gasteiger partial charge in [-0.15, -0.1) is 0 Å². The van der Waals surface area contributed by atoms with Crippen LogP contribution in [0.1, 0.15) is 24.1 Å². The summed E-state index contributed by atoms with van der Waals surface area (Å²) >= 11 is 0. The molecule has 0 aliphatic carbocycles. The molecule has 0 bridgehead atoms. The molecule has 1 aliphatic heterocycles. The first kappa shape index (κ1) is 12.6. The maximum atomic E-state index is 6.30. The summed E-state index contributed by atoms with van der Waals surface area (Å²) in [6.45, 7) is 4.85. The van der Waals surface area contributed by atoms with Gasteiger partial charge in [0.25, 0.3) is 0 Å². The van der Waals surface area contributed by atoms with Crippen molar-refractivity contribution in [1.82, 2.24) is 4.90 Å². The van der Waals surface area contributed by atoms with Crippen LogP contribution in [-0.2, 0) is 11.2 Å². The third-order valence-corrected chi connectivity index (χ3v) is 3.44. The number of morpholine rings is 1. The molecule has 0 radical (unpaired) electrons. The monoisotopic (exact) mass is 234 g/mol. The first-order chi connectivity index (χ1) is 8.20. The third-order valence-electron chi connectivity index (χ3n) is 3.44. The maximum Gasteiger partial charge on any atom is 0.0894 e. The lowest BCUT2D eigenvalue weighted by atomic mass is 9.98. The van der Waals surface area contributed by atoms with E-state index in [4.69, 9.17) is 10.5 Å². The van der Waals surface area contributed by atoms with Crippen molar-refractivity contribution in [2.75, 3.05) is 26.7 Å². The van der Waals surface area contributed by atoms with E-state index in [1.807, 2.05) is 0 Å². The molecule has 2 rings (SSSR count). The zero-order valence-corrected chi connectivity index (χ0v) is 10.7. The van der Waals surface area contributed by atoms with Crippen LogP contribution in [0.15, 0.2) is 24.3 Å². The van der Waals surface area contributed by atoms with Crippen LogP contribution >= 0.6 is 0 Å². The van der Waals surface area contributed by atoms with Crippen molar-refractivity contribution in [1.29, 1.82) is 0 Å². The molecule has 2 unspecified atom stereocenters. The van der Waals surface area contributed by atoms with Crippen molar-refractivity contribution in [3.8, 4) is 0 Å². The summed E-state index contributed by atoms with van der Waals surface area (Å²) in [5, 5.41) is 0. The Morgan fingerprint density at radius 3 is 3.06 bits per heavy atom. The summed E-state index contributed by atoms with van der Waals surface area (Å²) in [6.07, 6.45) is 1.16. The molecule has 1 saturated heterocycles. The Bertz CT molecular complexity index is 367. The Morgan fingerprint density at radius 1 is 1.53 bits per heavy atom. The number of hydrogen-bond donors (Lipinski definition) is 1. The molecule has 3 heteroatoms. The number of aryl methyl sites for hydroxylation is 1. The molecule has 94 valence electrons. The molecule has 17 heavy (non-hydrogen) atoms. The smallest absolute Gasteiger partial charge is 0.0894 e. The Morgan fingerprint density at radius 2 is 2.35 bits per heavy atom. The second kappa shape index (κ2) is 5.63. The molecule has 1 aromatic carbocycles. The first-order valence-electron chi connectivity index (χ1n) is 6.35. The van der Waals surface area contributed by atoms with Gasteiger partial charge in [0, 0.05) is 13.1 Å². The third kappa shape index (κ3) is 3.06. The lowest BCUT2D eigenvalue weighted by molar-refractivity contribution is -0.0326. The topological polar surface area (TPSA) is 38.5 Å². The van der Waals surface area contributed by atoms with Crippen LogP contribution in [0, 0.1) is 0 Å². The van der Waals surface area contributed by atoms with Crippen LogP contribution in [0.5, 0.6) is 0 Å². The van der Waals surface area contributed by atoms with Gasteiger partial charge in [-0.05, 0) is 24.6 Å². The van der Waals surface area contributed by atoms with Gasteiger partial charge >= 0.3 is 0 Å². The molecule has 0 spiro atoms. The molecular weight excluding hydrogens is 212 g/mol. The highest BCUT2D eigenvalue weighted by molar-refractivity contribution is 5.26. The molecule has 1 heterocycles. The summed E-state index contributed by atoms with van der Waals surface area (Å²) in [5.74, 6) is 0. The van der Waals surface area contributed by atoms with Gasteiger partial charge in [0.2, 0.25) is 0 Å². The fraction of sp³-hybridized carbons (Fsp3) is 0.571. The normalized spacial score (nSPS) is 23.6. The Kier molecular flexibility index (Phi) is 4.15. The molecule has 2 atom stereocenters. The number of hydrogen-bond acceptors (Lipinski definition) is 3. The molecule has 1 aliphatic rings. The molecule has 2 N–H and O–H groups in total. The maximum absolute atomic E-state index is 6.30. The molecule has 0 amide bonds. The Balaban J connectivity index is 2.09. The first-order valence-corrected chi connectivity index (χ1v) is 6.35. The number of nitrogens with zero attached hydrogens (tertiary/aromatic N) is 1. The summed E-state index contributed by atoms with van der Waals surface area (Å²) in [4.78, 5) is 2.28. The van der Waals surface area contributed by atoms with E-state index in [0.29, 0.717) is 0 Å². The van der Waals surface area contributed by atoms with Crippen molar-refractivity contribution < 1.29 is 4.74 Å². The standard InChI is InChI=1S/C14H22N2O/c1-3-11-5-4-6-12(9-11)14(15)13-10-16(2)7-8-17-13/h4-6,9,13-14H,3,7-8,10,15H2,1-2H3. The summed E-state index contributed by atoms with van der Waals surface area (Å²) in [7, 11) is 2.12. The number of benzene rings is 1. The van der Waals surface area contributed by atoms with Crippen molar-refractivity contribution >= 4 is 0 Å². The summed E-state index contributed by atoms with van der Waals surface area (Å²) < 4.78 is 5.77. The molecule has 3 nitrogen and oxygen atoms in total. The van der Waals surface area contributed by atoms with E-state index in [1.54, 1.807) is 0 Å². The average Bonchev–Trinajstić information content (AvgIpc) is 2.38. The van der Waals surface area contributed by atoms with Gasteiger partial charge in [0.1, 0.15) is 0 Å². The lowest BCUT2D eigenvalue weighted by Gasteiger charge is -2.33. The molecule has 0 aromatic heterocycles. The summed E-state index contributed by atoms with van der Waals surface area (Å²) in [6, 6.07) is 8.50. The second-order valence-corrected chi connectivity index (χ2v) is 4.80. The van der Waals surface area contributed by atoms with Gasteiger partial charge < -0.3 is 15.4 Å². The van der Waals surface area contributed by atoms with E-state index in [1.165, 1.54) is 11.1 Å². The van der Waals surface area contributed by atoms with Gasteiger partial charge in [-0.1, -0.05) is 31.2 Å². The van der Waals surface area contributed by atoms with E-state index < -0.39 is 0 Å². The van der Waals surface area contributed by atoms with Gasteiger partial charge in [-0.25, -0.2) is 0 Å². The molecular formula is C14H22N2O. The number of nitrogens with two attached hydrogens (primary N) is 1. The largest absolute Gasteiger partial charge is 0.374 e. The Labute approximate surface area is 104 Å². The van der Waals surface area contributed by atoms with Crippen LogP contribution in [0.4, 0.5) is 0 Å². The van der Waals surface area contributed by atoms with Crippen LogP contribution in [-0.4, -0.2) is 37.7 Å². The predicted octanol–water partition coefficient (Wildman–Crippen LogP) is 1.58. The van der Waals surface area contributed by atoms with Gasteiger partial charge in [0.05, 0.1) is 18.8 Å². The van der Waals surface area contributed by atoms with Crippen LogP contribution in [0.2, 0.25) is 0 Å². The zero-order chi connectivity index (χ0) is 12.3. The van der Waals surface area contributed by atoms with Crippen molar-refractivity contribution in [2.24, 2.45) is 5.73 Å². The fourth-order valence-corrected chi connectivity index (χ4v) is 2.26. The van der Waals surface area contributed by atoms with Crippen LogP contribution < -0.4 is 5.73 Å². The number of ether oxygens (including phenoxy) is 1. The minimum atomic E-state index is -0.0238. The van der Waals surface area contributed by atoms with Crippen molar-refractivity contribution in [2.45, 2.75) is 25.5 Å². The van der Waals surface area contributed by atoms with Crippen molar-refractivity contribution in [3.63, 3.8) is 0 Å². The van der Waals surface area contributed by atoms with E-state index in [9.17, 15) is 0 Å². The van der Waals surface area contributed by atoms with E-state index >= 15 is 0 Å². The van der Waals surface area contributed by atoms with E-state index in [0.717, 1.165) is 26.1 Å². The Hall–Kier alpha value is -0.900. The lowest BCUT2D eigenvalue weighted by Crippen LogP contribution is -2.45. The highest BCUT2D eigenvalue weighted by Gasteiger charge is 2.25. The van der Waals surface area contributed by atoms with Gasteiger partial charge in [-0.3, -0.25) is 0 Å². The zero-order valence-electron chi connectivity index (χ0n) is 10.7. The minimum Gasteiger partial charge on any atom is -0.374 e. The van der Waals surface area contributed by atoms with Gasteiger partial charge in [-0.2, -0.15) is 0 Å². The number of rotatable bonds is 3. The second-order valence-electron chi connectivity index (χ2n) is 4.80. The average molecular weight is 234 g/mol. The van der Waals surface area contributed by atoms with Gasteiger partial charge in [0.15, 0.2) is 0 Å². The highest BCUT2D eigenvalue weighted by Crippen LogP contribution is 2.20. The van der Waals surface area contributed by atoms with E-state index in [-0.39, 0.29) is 12.1 Å². The SMILES string of the molecule is CCc1cccc(C(N)C2CN(C)CCO2)c1. The number of likely N-dealkylation sites (N-methyl/N-ethyl adjacent to an activating group) is 1. The quantitative estimate of drug-likeness (QED) is 0.863. The minimum absolute atomic E-state index is 0.0238. The van der Waals surface area contributed by atoms with Crippen LogP contribution in [0.25, 0.3) is 0 Å².